The van der Waals surface area contributed by atoms with Crippen molar-refractivity contribution in [2.24, 2.45) is 11.7 Å². The lowest BCUT2D eigenvalue weighted by atomic mass is 9.88. The quantitative estimate of drug-likeness (QED) is 0.553. The summed E-state index contributed by atoms with van der Waals surface area (Å²) in [6.07, 6.45) is 10.2. The third kappa shape index (κ3) is 7.47. The summed E-state index contributed by atoms with van der Waals surface area (Å²) < 4.78 is 0. The molecule has 0 aliphatic heterocycles. The number of nitrogens with two attached hydrogens (primary N) is 1. The minimum Gasteiger partial charge on any atom is -0.330 e. The van der Waals surface area contributed by atoms with Crippen molar-refractivity contribution in [3.05, 3.63) is 71.8 Å². The predicted octanol–water partition coefficient (Wildman–Crippen LogP) is 5.39. The topological polar surface area (TPSA) is 26.0 Å². The molecule has 0 fully saturated rings. The maximum absolute atomic E-state index is 5.56. The van der Waals surface area contributed by atoms with Crippen molar-refractivity contribution >= 4 is 0 Å². The van der Waals surface area contributed by atoms with Gasteiger partial charge in [0.05, 0.1) is 0 Å². The third-order valence-corrected chi connectivity index (χ3v) is 4.55. The molecule has 2 rings (SSSR count). The Morgan fingerprint density at radius 2 is 1.09 bits per heavy atom. The van der Waals surface area contributed by atoms with Crippen LogP contribution in [0.1, 0.15) is 49.7 Å². The third-order valence-electron chi connectivity index (χ3n) is 4.55. The van der Waals surface area contributed by atoms with Gasteiger partial charge in [-0.1, -0.05) is 86.3 Å². The van der Waals surface area contributed by atoms with Crippen molar-refractivity contribution < 1.29 is 0 Å². The van der Waals surface area contributed by atoms with Crippen molar-refractivity contribution in [1.29, 1.82) is 0 Å². The van der Waals surface area contributed by atoms with Gasteiger partial charge in [-0.25, -0.2) is 0 Å². The maximum Gasteiger partial charge on any atom is -0.00773 e. The van der Waals surface area contributed by atoms with Gasteiger partial charge in [-0.05, 0) is 49.3 Å². The van der Waals surface area contributed by atoms with Crippen LogP contribution < -0.4 is 5.73 Å². The fourth-order valence-electron chi connectivity index (χ4n) is 3.28. The molecule has 0 spiro atoms. The Morgan fingerprint density at radius 3 is 1.61 bits per heavy atom. The van der Waals surface area contributed by atoms with Crippen LogP contribution in [0, 0.1) is 5.92 Å². The first-order chi connectivity index (χ1) is 11.4. The van der Waals surface area contributed by atoms with E-state index in [1.807, 2.05) is 0 Å². The molecule has 1 heteroatoms. The summed E-state index contributed by atoms with van der Waals surface area (Å²) >= 11 is 0. The van der Waals surface area contributed by atoms with Crippen LogP contribution in [-0.2, 0) is 12.8 Å². The van der Waals surface area contributed by atoms with Crippen LogP contribution in [0.15, 0.2) is 60.7 Å². The van der Waals surface area contributed by atoms with Gasteiger partial charge in [-0.3, -0.25) is 0 Å². The van der Waals surface area contributed by atoms with Crippen LogP contribution >= 0.6 is 0 Å². The molecular formula is C22H31N. The summed E-state index contributed by atoms with van der Waals surface area (Å²) in [4.78, 5) is 0. The summed E-state index contributed by atoms with van der Waals surface area (Å²) in [5, 5.41) is 0. The molecule has 0 amide bonds. The molecule has 0 bridgehead atoms. The summed E-state index contributed by atoms with van der Waals surface area (Å²) in [5.41, 5.74) is 8.50. The highest BCUT2D eigenvalue weighted by Crippen LogP contribution is 2.21. The zero-order chi connectivity index (χ0) is 16.2. The predicted molar refractivity (Wildman–Crippen MR) is 101 cm³/mol. The molecule has 1 nitrogen and oxygen atoms in total. The van der Waals surface area contributed by atoms with Crippen LogP contribution in [0.2, 0.25) is 0 Å². The molecule has 0 aliphatic carbocycles. The second kappa shape index (κ2) is 11.0. The molecular weight excluding hydrogens is 278 g/mol. The van der Waals surface area contributed by atoms with E-state index in [-0.39, 0.29) is 0 Å². The van der Waals surface area contributed by atoms with Crippen molar-refractivity contribution in [3.8, 4) is 0 Å². The van der Waals surface area contributed by atoms with Gasteiger partial charge in [0.1, 0.15) is 0 Å². The van der Waals surface area contributed by atoms with Crippen LogP contribution in [0.4, 0.5) is 0 Å². The Balaban J connectivity index is 1.83. The smallest absolute Gasteiger partial charge is 0.00773 e. The first kappa shape index (κ1) is 17.7. The number of rotatable bonds is 11. The zero-order valence-electron chi connectivity index (χ0n) is 14.3. The summed E-state index contributed by atoms with van der Waals surface area (Å²) in [7, 11) is 0. The molecule has 124 valence electrons. The van der Waals surface area contributed by atoms with Crippen molar-refractivity contribution in [3.63, 3.8) is 0 Å². The number of benzene rings is 2. The first-order valence-corrected chi connectivity index (χ1v) is 9.16. The average Bonchev–Trinajstić information content (AvgIpc) is 2.60. The van der Waals surface area contributed by atoms with E-state index < -0.39 is 0 Å². The molecule has 0 heterocycles. The molecule has 0 radical (unpaired) electrons. The van der Waals surface area contributed by atoms with Gasteiger partial charge < -0.3 is 5.73 Å². The molecule has 2 aromatic rings. The Kier molecular flexibility index (Phi) is 8.50. The standard InChI is InChI=1S/C22H31N/c23-17-11-3-1-2-6-16-22(18-20-12-7-4-8-13-20)19-21-14-9-5-10-15-21/h4-5,7-10,12-15,22H,1-3,6,11,16-19,23H2. The lowest BCUT2D eigenvalue weighted by Gasteiger charge is -2.17. The van der Waals surface area contributed by atoms with E-state index in [4.69, 9.17) is 5.73 Å². The molecule has 0 aromatic heterocycles. The van der Waals surface area contributed by atoms with Gasteiger partial charge in [0.25, 0.3) is 0 Å². The first-order valence-electron chi connectivity index (χ1n) is 9.16. The van der Waals surface area contributed by atoms with E-state index in [1.165, 1.54) is 62.5 Å². The van der Waals surface area contributed by atoms with Crippen LogP contribution in [0.25, 0.3) is 0 Å². The molecule has 2 N–H and O–H groups in total. The minimum absolute atomic E-state index is 0.745. The van der Waals surface area contributed by atoms with Gasteiger partial charge in [0.15, 0.2) is 0 Å². The SMILES string of the molecule is NCCCCCCCC(Cc1ccccc1)Cc1ccccc1. The van der Waals surface area contributed by atoms with Gasteiger partial charge >= 0.3 is 0 Å². The minimum atomic E-state index is 0.745. The van der Waals surface area contributed by atoms with Crippen LogP contribution in [-0.4, -0.2) is 6.54 Å². The molecule has 0 saturated heterocycles. The zero-order valence-corrected chi connectivity index (χ0v) is 14.3. The highest BCUT2D eigenvalue weighted by atomic mass is 14.5. The van der Waals surface area contributed by atoms with Crippen molar-refractivity contribution in [1.82, 2.24) is 0 Å². The van der Waals surface area contributed by atoms with Crippen LogP contribution in [0.5, 0.6) is 0 Å². The average molecular weight is 309 g/mol. The van der Waals surface area contributed by atoms with E-state index in [2.05, 4.69) is 60.7 Å². The van der Waals surface area contributed by atoms with Crippen molar-refractivity contribution in [2.45, 2.75) is 51.4 Å². The van der Waals surface area contributed by atoms with Gasteiger partial charge in [-0.15, -0.1) is 0 Å². The Morgan fingerprint density at radius 1 is 0.609 bits per heavy atom. The molecule has 23 heavy (non-hydrogen) atoms. The van der Waals surface area contributed by atoms with Gasteiger partial charge in [0.2, 0.25) is 0 Å². The van der Waals surface area contributed by atoms with Gasteiger partial charge in [-0.2, -0.15) is 0 Å². The number of hydrogen-bond donors (Lipinski definition) is 1. The summed E-state index contributed by atoms with van der Waals surface area (Å²) in [6.45, 7) is 0.838. The monoisotopic (exact) mass is 309 g/mol. The molecule has 2 aromatic carbocycles. The highest BCUT2D eigenvalue weighted by molar-refractivity contribution is 5.18. The normalized spacial score (nSPS) is 11.0. The van der Waals surface area contributed by atoms with E-state index in [0.717, 1.165) is 12.5 Å². The lowest BCUT2D eigenvalue weighted by Crippen LogP contribution is -2.09. The Hall–Kier alpha value is -1.60. The Bertz CT molecular complexity index is 465. The molecule has 0 unspecified atom stereocenters. The van der Waals surface area contributed by atoms with E-state index in [9.17, 15) is 0 Å². The Labute approximate surface area is 141 Å². The van der Waals surface area contributed by atoms with E-state index >= 15 is 0 Å². The molecule has 0 atom stereocenters. The molecule has 0 aliphatic rings. The second-order valence-corrected chi connectivity index (χ2v) is 6.59. The fraction of sp³-hybridized carbons (Fsp3) is 0.455. The second-order valence-electron chi connectivity index (χ2n) is 6.59. The lowest BCUT2D eigenvalue weighted by molar-refractivity contribution is 0.446. The largest absolute Gasteiger partial charge is 0.330 e. The van der Waals surface area contributed by atoms with Gasteiger partial charge in [0, 0.05) is 0 Å². The number of hydrogen-bond acceptors (Lipinski definition) is 1. The maximum atomic E-state index is 5.56. The summed E-state index contributed by atoms with van der Waals surface area (Å²) in [5.74, 6) is 0.745. The molecule has 0 saturated carbocycles. The van der Waals surface area contributed by atoms with E-state index in [1.54, 1.807) is 0 Å². The van der Waals surface area contributed by atoms with Crippen molar-refractivity contribution in [2.75, 3.05) is 6.54 Å². The number of unbranched alkanes of at least 4 members (excludes halogenated alkanes) is 4. The fourth-order valence-corrected chi connectivity index (χ4v) is 3.28. The summed E-state index contributed by atoms with van der Waals surface area (Å²) in [6, 6.07) is 21.9. The van der Waals surface area contributed by atoms with E-state index in [0.29, 0.717) is 0 Å². The van der Waals surface area contributed by atoms with Crippen LogP contribution in [0.3, 0.4) is 0 Å². The highest BCUT2D eigenvalue weighted by Gasteiger charge is 2.10.